The average molecular weight is 435 g/mol. The number of ketones is 1. The molecule has 0 amide bonds. The van der Waals surface area contributed by atoms with Crippen LogP contribution in [0, 0.1) is 12.3 Å². The Kier molecular flexibility index (Phi) is 5.28. The minimum atomic E-state index is -0.686. The first kappa shape index (κ1) is 21.6. The number of benzene rings is 1. The van der Waals surface area contributed by atoms with Crippen LogP contribution in [0.1, 0.15) is 42.1 Å². The molecule has 0 fully saturated rings. The molecule has 0 aliphatic heterocycles. The Morgan fingerprint density at radius 2 is 1.72 bits per heavy atom. The van der Waals surface area contributed by atoms with Crippen molar-refractivity contribution in [1.82, 2.24) is 4.98 Å². The van der Waals surface area contributed by atoms with E-state index in [9.17, 15) is 14.7 Å². The first-order valence-corrected chi connectivity index (χ1v) is 10.3. The number of hydrogen-bond donors (Lipinski definition) is 1. The van der Waals surface area contributed by atoms with Gasteiger partial charge in [-0.2, -0.15) is 0 Å². The zero-order valence-corrected chi connectivity index (χ0v) is 18.7. The van der Waals surface area contributed by atoms with E-state index in [0.717, 1.165) is 0 Å². The largest absolute Gasteiger partial charge is 0.507 e. The molecule has 7 nitrogen and oxygen atoms in total. The first-order chi connectivity index (χ1) is 15.1. The molecule has 3 aromatic rings. The topological polar surface area (TPSA) is 98.9 Å². The molecule has 0 saturated heterocycles. The minimum Gasteiger partial charge on any atom is -0.507 e. The van der Waals surface area contributed by atoms with Gasteiger partial charge in [-0.1, -0.05) is 19.9 Å². The van der Waals surface area contributed by atoms with Crippen LogP contribution in [0.4, 0.5) is 0 Å². The van der Waals surface area contributed by atoms with E-state index in [1.165, 1.54) is 13.2 Å². The second kappa shape index (κ2) is 7.82. The van der Waals surface area contributed by atoms with E-state index in [2.05, 4.69) is 4.98 Å². The lowest BCUT2D eigenvalue weighted by Crippen LogP contribution is -2.28. The van der Waals surface area contributed by atoms with E-state index in [0.29, 0.717) is 52.5 Å². The third-order valence-corrected chi connectivity index (χ3v) is 5.66. The first-order valence-electron chi connectivity index (χ1n) is 10.3. The highest BCUT2D eigenvalue weighted by molar-refractivity contribution is 6.05. The van der Waals surface area contributed by atoms with E-state index in [-0.39, 0.29) is 28.2 Å². The molecule has 2 aromatic heterocycles. The molecule has 0 radical (unpaired) electrons. The highest BCUT2D eigenvalue weighted by Crippen LogP contribution is 2.42. The van der Waals surface area contributed by atoms with Crippen LogP contribution in [0.2, 0.25) is 0 Å². The van der Waals surface area contributed by atoms with Gasteiger partial charge in [-0.15, -0.1) is 0 Å². The Balaban J connectivity index is 2.03. The summed E-state index contributed by atoms with van der Waals surface area (Å²) >= 11 is 0. The van der Waals surface area contributed by atoms with Gasteiger partial charge in [0.15, 0.2) is 17.3 Å². The number of carbonyl (C=O) groups excluding carboxylic acids is 1. The molecule has 32 heavy (non-hydrogen) atoms. The number of ether oxygens (including phenoxy) is 2. The number of aromatic nitrogens is 1. The Labute approximate surface area is 185 Å². The zero-order chi connectivity index (χ0) is 23.2. The number of aromatic hydroxyl groups is 1. The number of rotatable bonds is 4. The fraction of sp³-hybridized carbons (Fsp3) is 0.320. The van der Waals surface area contributed by atoms with Crippen LogP contribution in [0.5, 0.6) is 17.2 Å². The van der Waals surface area contributed by atoms with E-state index in [4.69, 9.17) is 13.9 Å². The molecule has 166 valence electrons. The zero-order valence-electron chi connectivity index (χ0n) is 18.7. The van der Waals surface area contributed by atoms with Crippen LogP contribution < -0.4 is 15.1 Å². The van der Waals surface area contributed by atoms with Gasteiger partial charge in [-0.3, -0.25) is 9.78 Å². The van der Waals surface area contributed by atoms with Crippen molar-refractivity contribution in [2.45, 2.75) is 33.6 Å². The van der Waals surface area contributed by atoms with Gasteiger partial charge in [0, 0.05) is 18.1 Å². The van der Waals surface area contributed by atoms with Gasteiger partial charge < -0.3 is 19.0 Å². The van der Waals surface area contributed by atoms with Crippen molar-refractivity contribution < 1.29 is 23.8 Å². The summed E-state index contributed by atoms with van der Waals surface area (Å²) < 4.78 is 16.0. The highest BCUT2D eigenvalue weighted by Gasteiger charge is 2.35. The number of Topliss-reactive ketones (excluding diaryl/α,β-unsaturated/α-hetero) is 1. The fourth-order valence-electron chi connectivity index (χ4n) is 4.27. The van der Waals surface area contributed by atoms with Gasteiger partial charge in [-0.25, -0.2) is 4.79 Å². The molecule has 0 bridgehead atoms. The lowest BCUT2D eigenvalue weighted by Gasteiger charge is -2.31. The Morgan fingerprint density at radius 1 is 1.00 bits per heavy atom. The number of hydrogen-bond acceptors (Lipinski definition) is 7. The van der Waals surface area contributed by atoms with Crippen molar-refractivity contribution >= 4 is 5.78 Å². The van der Waals surface area contributed by atoms with Crippen LogP contribution in [-0.4, -0.2) is 30.1 Å². The summed E-state index contributed by atoms with van der Waals surface area (Å²) in [4.78, 5) is 30.4. The second-order valence-electron chi connectivity index (χ2n) is 8.79. The molecule has 0 atom stereocenters. The standard InChI is InChI=1S/C25H25NO6/c1-13-8-18(27)23(24(29)32-13)16-10-15(14-6-7-20(30-4)21(9-14)31-5)22-17(26-16)11-25(2,3)12-19(22)28/h6-10,27H,11-12H2,1-5H3. The summed E-state index contributed by atoms with van der Waals surface area (Å²) in [6.07, 6.45) is 0.944. The number of pyridine rings is 1. The van der Waals surface area contributed by atoms with Crippen molar-refractivity contribution in [1.29, 1.82) is 0 Å². The molecule has 7 heteroatoms. The van der Waals surface area contributed by atoms with Crippen molar-refractivity contribution in [2.24, 2.45) is 5.41 Å². The maximum atomic E-state index is 13.2. The Hall–Kier alpha value is -3.61. The second-order valence-corrected chi connectivity index (χ2v) is 8.79. The van der Waals surface area contributed by atoms with E-state index in [1.54, 1.807) is 32.2 Å². The molecular weight excluding hydrogens is 410 g/mol. The monoisotopic (exact) mass is 435 g/mol. The molecule has 1 N–H and O–H groups in total. The summed E-state index contributed by atoms with van der Waals surface area (Å²) in [6.45, 7) is 5.60. The van der Waals surface area contributed by atoms with Gasteiger partial charge in [0.2, 0.25) is 0 Å². The highest BCUT2D eigenvalue weighted by atomic mass is 16.5. The molecule has 1 aromatic carbocycles. The molecule has 2 heterocycles. The Bertz CT molecular complexity index is 1290. The molecule has 1 aliphatic rings. The number of nitrogens with zero attached hydrogens (tertiary/aromatic N) is 1. The van der Waals surface area contributed by atoms with E-state index < -0.39 is 5.63 Å². The number of aryl methyl sites for hydroxylation is 1. The lowest BCUT2D eigenvalue weighted by molar-refractivity contribution is 0.0911. The predicted molar refractivity (Wildman–Crippen MR) is 120 cm³/mol. The maximum absolute atomic E-state index is 13.2. The summed E-state index contributed by atoms with van der Waals surface area (Å²) in [5.74, 6) is 1.14. The van der Waals surface area contributed by atoms with E-state index >= 15 is 0 Å². The fourth-order valence-corrected chi connectivity index (χ4v) is 4.27. The SMILES string of the molecule is COc1ccc(-c2cc(-c3c(O)cc(C)oc3=O)nc3c2C(=O)CC(C)(C)C3)cc1OC. The molecule has 1 aliphatic carbocycles. The third-order valence-electron chi connectivity index (χ3n) is 5.66. The normalized spacial score (nSPS) is 14.7. The van der Waals surface area contributed by atoms with Gasteiger partial charge in [0.1, 0.15) is 17.1 Å². The minimum absolute atomic E-state index is 0.0137. The molecular formula is C25H25NO6. The van der Waals surface area contributed by atoms with Crippen LogP contribution in [0.15, 0.2) is 39.5 Å². The number of carbonyl (C=O) groups is 1. The summed E-state index contributed by atoms with van der Waals surface area (Å²) in [5.41, 5.74) is 1.71. The van der Waals surface area contributed by atoms with Crippen molar-refractivity contribution in [3.05, 3.63) is 57.8 Å². The third kappa shape index (κ3) is 3.75. The van der Waals surface area contributed by atoms with Crippen molar-refractivity contribution in [3.63, 3.8) is 0 Å². The summed E-state index contributed by atoms with van der Waals surface area (Å²) in [5, 5.41) is 10.5. The lowest BCUT2D eigenvalue weighted by atomic mass is 9.74. The average Bonchev–Trinajstić information content (AvgIpc) is 2.70. The predicted octanol–water partition coefficient (Wildman–Crippen LogP) is 4.56. The van der Waals surface area contributed by atoms with Gasteiger partial charge >= 0.3 is 5.63 Å². The van der Waals surface area contributed by atoms with Crippen LogP contribution in [0.25, 0.3) is 22.4 Å². The maximum Gasteiger partial charge on any atom is 0.349 e. The van der Waals surface area contributed by atoms with Crippen LogP contribution in [-0.2, 0) is 6.42 Å². The van der Waals surface area contributed by atoms with Crippen molar-refractivity contribution in [2.75, 3.05) is 14.2 Å². The summed E-state index contributed by atoms with van der Waals surface area (Å²) in [6, 6.07) is 8.39. The molecule has 4 rings (SSSR count). The molecule has 0 saturated carbocycles. The van der Waals surface area contributed by atoms with E-state index in [1.807, 2.05) is 19.9 Å². The van der Waals surface area contributed by atoms with Crippen molar-refractivity contribution in [3.8, 4) is 39.6 Å². The summed E-state index contributed by atoms with van der Waals surface area (Å²) in [7, 11) is 3.09. The number of fused-ring (bicyclic) bond motifs is 1. The van der Waals surface area contributed by atoms with Gasteiger partial charge in [0.05, 0.1) is 25.6 Å². The van der Waals surface area contributed by atoms with Gasteiger partial charge in [0.25, 0.3) is 0 Å². The Morgan fingerprint density at radius 3 is 2.38 bits per heavy atom. The molecule has 0 spiro atoms. The quantitative estimate of drug-likeness (QED) is 0.642. The van der Waals surface area contributed by atoms with Crippen LogP contribution >= 0.6 is 0 Å². The van der Waals surface area contributed by atoms with Gasteiger partial charge in [-0.05, 0) is 48.1 Å². The van der Waals surface area contributed by atoms with Crippen LogP contribution in [0.3, 0.4) is 0 Å². The smallest absolute Gasteiger partial charge is 0.349 e. The molecule has 0 unspecified atom stereocenters. The number of methoxy groups -OCH3 is 2.